The van der Waals surface area contributed by atoms with Gasteiger partial charge in [0.15, 0.2) is 0 Å². The van der Waals surface area contributed by atoms with Crippen LogP contribution in [-0.2, 0) is 4.79 Å². The molecule has 4 nitrogen and oxygen atoms in total. The highest BCUT2D eigenvalue weighted by molar-refractivity contribution is 5.66. The summed E-state index contributed by atoms with van der Waals surface area (Å²) in [6, 6.07) is 0. The first kappa shape index (κ1) is 22.4. The Morgan fingerprint density at radius 2 is 1.62 bits per heavy atom. The lowest BCUT2D eigenvalue weighted by molar-refractivity contribution is -0.137. The molecule has 0 aromatic rings. The monoisotopic (exact) mass is 336 g/mol. The highest BCUT2D eigenvalue weighted by Gasteiger charge is 2.10. The Hall–Kier alpha value is -1.65. The average Bonchev–Trinajstić information content (AvgIpc) is 2.55. The molecule has 0 saturated carbocycles. The highest BCUT2D eigenvalue weighted by atomic mass is 16.4. The summed E-state index contributed by atoms with van der Waals surface area (Å²) in [5.74, 6) is -0.798. The van der Waals surface area contributed by atoms with Crippen molar-refractivity contribution in [2.45, 2.75) is 70.5 Å². The zero-order valence-corrected chi connectivity index (χ0v) is 14.7. The quantitative estimate of drug-likeness (QED) is 0.253. The van der Waals surface area contributed by atoms with Crippen LogP contribution >= 0.6 is 0 Å². The van der Waals surface area contributed by atoms with Crippen LogP contribution in [0, 0.1) is 0 Å². The second kappa shape index (κ2) is 16.2. The number of allylic oxidation sites excluding steroid dienone is 6. The number of rotatable bonds is 14. The van der Waals surface area contributed by atoms with Gasteiger partial charge in [0.1, 0.15) is 0 Å². The molecule has 3 N–H and O–H groups in total. The lowest BCUT2D eigenvalue weighted by Crippen LogP contribution is -2.22. The minimum atomic E-state index is -0.910. The van der Waals surface area contributed by atoms with Gasteiger partial charge in [0.05, 0.1) is 12.2 Å². The van der Waals surface area contributed by atoms with Crippen molar-refractivity contribution in [3.8, 4) is 0 Å². The summed E-state index contributed by atoms with van der Waals surface area (Å²) < 4.78 is 0. The van der Waals surface area contributed by atoms with Crippen LogP contribution in [-0.4, -0.2) is 33.5 Å². The molecule has 136 valence electrons. The molecule has 0 aliphatic rings. The zero-order valence-electron chi connectivity index (χ0n) is 14.7. The minimum absolute atomic E-state index is 0.150. The maximum Gasteiger partial charge on any atom is 0.303 e. The molecule has 0 aromatic heterocycles. The first-order valence-corrected chi connectivity index (χ1v) is 8.80. The van der Waals surface area contributed by atoms with Crippen molar-refractivity contribution in [1.82, 2.24) is 0 Å². The second-order valence-electron chi connectivity index (χ2n) is 5.74. The van der Waals surface area contributed by atoms with Gasteiger partial charge in [-0.2, -0.15) is 0 Å². The van der Waals surface area contributed by atoms with E-state index < -0.39 is 18.2 Å². The van der Waals surface area contributed by atoms with Gasteiger partial charge in [0.2, 0.25) is 0 Å². The number of hydrogen-bond donors (Lipinski definition) is 3. The fourth-order valence-electron chi connectivity index (χ4n) is 1.99. The van der Waals surface area contributed by atoms with Crippen LogP contribution in [0.25, 0.3) is 0 Å². The van der Waals surface area contributed by atoms with E-state index in [4.69, 9.17) is 5.11 Å². The first-order chi connectivity index (χ1) is 11.6. The number of unbranched alkanes of at least 4 members (excludes halogenated alkanes) is 4. The van der Waals surface area contributed by atoms with Gasteiger partial charge in [0, 0.05) is 6.42 Å². The third-order valence-corrected chi connectivity index (χ3v) is 3.45. The summed E-state index contributed by atoms with van der Waals surface area (Å²) in [6.45, 7) is 2.18. The lowest BCUT2D eigenvalue weighted by atomic mass is 10.1. The summed E-state index contributed by atoms with van der Waals surface area (Å²) >= 11 is 0. The van der Waals surface area contributed by atoms with Crippen molar-refractivity contribution in [2.75, 3.05) is 0 Å². The molecule has 0 aliphatic carbocycles. The largest absolute Gasteiger partial charge is 0.481 e. The van der Waals surface area contributed by atoms with E-state index in [9.17, 15) is 15.0 Å². The van der Waals surface area contributed by atoms with Crippen molar-refractivity contribution in [3.63, 3.8) is 0 Å². The fraction of sp³-hybridized carbons (Fsp3) is 0.550. The number of carboxylic acids is 1. The van der Waals surface area contributed by atoms with E-state index in [1.807, 2.05) is 24.3 Å². The minimum Gasteiger partial charge on any atom is -0.481 e. The number of carbonyl (C=O) groups is 1. The molecule has 0 fully saturated rings. The Labute approximate surface area is 145 Å². The highest BCUT2D eigenvalue weighted by Crippen LogP contribution is 2.04. The summed E-state index contributed by atoms with van der Waals surface area (Å²) in [7, 11) is 0. The third-order valence-electron chi connectivity index (χ3n) is 3.45. The second-order valence-corrected chi connectivity index (χ2v) is 5.74. The maximum atomic E-state index is 10.3. The predicted molar refractivity (Wildman–Crippen MR) is 98.8 cm³/mol. The molecule has 0 amide bonds. The number of hydrogen-bond acceptors (Lipinski definition) is 3. The van der Waals surface area contributed by atoms with E-state index in [1.165, 1.54) is 19.3 Å². The molecule has 0 spiro atoms. The summed E-state index contributed by atoms with van der Waals surface area (Å²) in [6.07, 6.45) is 19.5. The molecule has 4 heteroatoms. The van der Waals surface area contributed by atoms with Gasteiger partial charge >= 0.3 is 5.97 Å². The van der Waals surface area contributed by atoms with Crippen LogP contribution < -0.4 is 0 Å². The normalized spacial score (nSPS) is 15.1. The van der Waals surface area contributed by atoms with E-state index in [-0.39, 0.29) is 6.42 Å². The topological polar surface area (TPSA) is 77.8 Å². The van der Waals surface area contributed by atoms with Gasteiger partial charge in [-0.05, 0) is 32.1 Å². The molecule has 0 bridgehead atoms. The Morgan fingerprint density at radius 3 is 2.33 bits per heavy atom. The van der Waals surface area contributed by atoms with Crippen molar-refractivity contribution >= 4 is 5.97 Å². The van der Waals surface area contributed by atoms with Crippen molar-refractivity contribution in [3.05, 3.63) is 48.6 Å². The van der Waals surface area contributed by atoms with Gasteiger partial charge in [-0.1, -0.05) is 68.4 Å². The molecular weight excluding hydrogens is 304 g/mol. The molecule has 0 aromatic carbocycles. The Morgan fingerprint density at radius 1 is 0.917 bits per heavy atom. The molecule has 0 heterocycles. The molecule has 0 radical (unpaired) electrons. The van der Waals surface area contributed by atoms with Crippen molar-refractivity contribution < 1.29 is 20.1 Å². The van der Waals surface area contributed by atoms with E-state index in [1.54, 1.807) is 18.2 Å². The van der Waals surface area contributed by atoms with Gasteiger partial charge in [-0.15, -0.1) is 0 Å². The molecule has 0 aliphatic heterocycles. The smallest absolute Gasteiger partial charge is 0.303 e. The Bertz CT molecular complexity index is 421. The molecule has 0 rings (SSSR count). The van der Waals surface area contributed by atoms with Crippen LogP contribution in [0.4, 0.5) is 0 Å². The number of aliphatic carboxylic acids is 1. The fourth-order valence-corrected chi connectivity index (χ4v) is 1.99. The van der Waals surface area contributed by atoms with E-state index in [0.717, 1.165) is 6.42 Å². The molecule has 2 atom stereocenters. The van der Waals surface area contributed by atoms with E-state index in [0.29, 0.717) is 19.3 Å². The van der Waals surface area contributed by atoms with Crippen molar-refractivity contribution in [1.29, 1.82) is 0 Å². The van der Waals surface area contributed by atoms with E-state index >= 15 is 0 Å². The zero-order chi connectivity index (χ0) is 18.0. The van der Waals surface area contributed by atoms with Gasteiger partial charge in [-0.25, -0.2) is 0 Å². The third kappa shape index (κ3) is 15.3. The molecule has 0 saturated heterocycles. The van der Waals surface area contributed by atoms with Crippen LogP contribution in [0.1, 0.15) is 58.3 Å². The van der Waals surface area contributed by atoms with Crippen LogP contribution in [0.5, 0.6) is 0 Å². The van der Waals surface area contributed by atoms with Gasteiger partial charge in [0.25, 0.3) is 0 Å². The summed E-state index contributed by atoms with van der Waals surface area (Å²) in [4.78, 5) is 10.3. The van der Waals surface area contributed by atoms with Crippen LogP contribution in [0.3, 0.4) is 0 Å². The molecule has 2 unspecified atom stereocenters. The van der Waals surface area contributed by atoms with E-state index in [2.05, 4.69) is 13.0 Å². The maximum absolute atomic E-state index is 10.3. The number of aliphatic hydroxyl groups excluding tert-OH is 2. The number of aliphatic hydroxyl groups is 2. The molecule has 24 heavy (non-hydrogen) atoms. The van der Waals surface area contributed by atoms with Gasteiger partial charge in [-0.3, -0.25) is 4.79 Å². The standard InChI is InChI=1S/C20H32O4/c1-2-3-4-5-6-7-8-9-12-15-18(21)19(22)16-13-10-11-14-17-20(23)24/h6-10,12-13,15,18-19,21-22H,2-5,11,14,16-17H2,1H3,(H,23,24)/b7-6+,9-8+,13-10+,15-12+. The summed E-state index contributed by atoms with van der Waals surface area (Å²) in [5.41, 5.74) is 0. The molecular formula is C20H32O4. The van der Waals surface area contributed by atoms with Crippen LogP contribution in [0.2, 0.25) is 0 Å². The number of carboxylic acid groups (broad SMARTS) is 1. The van der Waals surface area contributed by atoms with Crippen molar-refractivity contribution in [2.24, 2.45) is 0 Å². The van der Waals surface area contributed by atoms with Gasteiger partial charge < -0.3 is 15.3 Å². The predicted octanol–water partition coefficient (Wildman–Crippen LogP) is 4.16. The van der Waals surface area contributed by atoms with Crippen LogP contribution in [0.15, 0.2) is 48.6 Å². The lowest BCUT2D eigenvalue weighted by Gasteiger charge is -2.11. The summed E-state index contributed by atoms with van der Waals surface area (Å²) in [5, 5.41) is 28.1. The first-order valence-electron chi connectivity index (χ1n) is 8.80. The Balaban J connectivity index is 3.85. The SMILES string of the molecule is CCCCC/C=C/C=C/C=C/C(O)C(O)C/C=C/CCCC(=O)O. The Kier molecular flexibility index (Phi) is 15.1. The average molecular weight is 336 g/mol.